The summed E-state index contributed by atoms with van der Waals surface area (Å²) < 4.78 is 10.9. The van der Waals surface area contributed by atoms with Crippen LogP contribution in [0, 0.1) is 11.8 Å². The Kier molecular flexibility index (Phi) is 3.86. The molecule has 0 bridgehead atoms. The van der Waals surface area contributed by atoms with Crippen LogP contribution in [0.1, 0.15) is 29.0 Å². The molecule has 3 aliphatic rings. The zero-order valence-corrected chi connectivity index (χ0v) is 14.7. The van der Waals surface area contributed by atoms with Crippen LogP contribution < -0.4 is 19.9 Å². The lowest BCUT2D eigenvalue weighted by Crippen LogP contribution is -2.67. The number of hydroxylamine groups is 1. The fourth-order valence-electron chi connectivity index (χ4n) is 4.30. The summed E-state index contributed by atoms with van der Waals surface area (Å²) in [7, 11) is 0. The fraction of sp³-hybridized carbons (Fsp3) is 0.421. The van der Waals surface area contributed by atoms with E-state index in [1.807, 2.05) is 6.07 Å². The number of amides is 1. The van der Waals surface area contributed by atoms with Crippen molar-refractivity contribution in [2.45, 2.75) is 25.3 Å². The summed E-state index contributed by atoms with van der Waals surface area (Å²) in [6.45, 7) is 1.38. The smallest absolute Gasteiger partial charge is 0.277 e. The molecule has 2 aliphatic heterocycles. The number of carbonyl (C=O) groups excluding carboxylic acids is 1. The number of carbonyl (C=O) groups is 1. The number of aryl methyl sites for hydroxylation is 1. The largest absolute Gasteiger partial charge is 0.454 e. The Morgan fingerprint density at radius 2 is 2.07 bits per heavy atom. The molecule has 5 rings (SSSR count). The highest BCUT2D eigenvalue weighted by molar-refractivity contribution is 5.92. The number of nitrogens with one attached hydrogen (secondary N) is 1. The normalized spacial score (nSPS) is 24.6. The molecule has 140 valence electrons. The Morgan fingerprint density at radius 3 is 2.81 bits per heavy atom. The van der Waals surface area contributed by atoms with E-state index in [9.17, 15) is 4.79 Å². The van der Waals surface area contributed by atoms with Crippen LogP contribution in [-0.4, -0.2) is 40.5 Å². The van der Waals surface area contributed by atoms with Crippen molar-refractivity contribution >= 4 is 11.6 Å². The van der Waals surface area contributed by atoms with Gasteiger partial charge >= 0.3 is 0 Å². The van der Waals surface area contributed by atoms with Gasteiger partial charge in [-0.05, 0) is 36.8 Å². The summed E-state index contributed by atoms with van der Waals surface area (Å²) in [5.41, 5.74) is 3.04. The van der Waals surface area contributed by atoms with E-state index in [0.717, 1.165) is 42.6 Å². The van der Waals surface area contributed by atoms with E-state index >= 15 is 0 Å². The van der Waals surface area contributed by atoms with Crippen LogP contribution in [0.3, 0.4) is 0 Å². The van der Waals surface area contributed by atoms with E-state index in [-0.39, 0.29) is 5.56 Å². The number of hydrogen-bond donors (Lipinski definition) is 2. The first-order chi connectivity index (χ1) is 13.2. The molecule has 3 unspecified atom stereocenters. The minimum Gasteiger partial charge on any atom is -0.454 e. The standard InChI is InChI=1S/C19H20N4O4/c24-19(22-25)12-7-20-18(21-8-12)4-1-11-5-15-14(11)9-23(15)13-2-3-16-17(6-13)27-10-26-16/h2-3,6-8,11,14-15,25H,1,4-5,9-10H2,(H,22,24). The lowest BCUT2D eigenvalue weighted by Gasteiger charge is -2.61. The first kappa shape index (κ1) is 16.3. The number of piperidine rings is 1. The molecule has 0 radical (unpaired) electrons. The Balaban J connectivity index is 1.13. The van der Waals surface area contributed by atoms with Gasteiger partial charge in [-0.1, -0.05) is 0 Å². The average Bonchev–Trinajstić information content (AvgIpc) is 3.16. The highest BCUT2D eigenvalue weighted by atomic mass is 16.7. The number of aromatic nitrogens is 2. The van der Waals surface area contributed by atoms with Gasteiger partial charge in [-0.25, -0.2) is 15.4 Å². The van der Waals surface area contributed by atoms with Crippen molar-refractivity contribution in [1.82, 2.24) is 15.4 Å². The number of anilines is 1. The number of hydrogen-bond acceptors (Lipinski definition) is 7. The fourth-order valence-corrected chi connectivity index (χ4v) is 4.30. The van der Waals surface area contributed by atoms with Crippen LogP contribution >= 0.6 is 0 Å². The van der Waals surface area contributed by atoms with Crippen LogP contribution in [0.5, 0.6) is 11.5 Å². The van der Waals surface area contributed by atoms with Gasteiger partial charge in [-0.3, -0.25) is 10.0 Å². The number of nitrogens with zero attached hydrogens (tertiary/aromatic N) is 3. The second-order valence-corrected chi connectivity index (χ2v) is 7.28. The highest BCUT2D eigenvalue weighted by Crippen LogP contribution is 2.51. The zero-order valence-electron chi connectivity index (χ0n) is 14.7. The van der Waals surface area contributed by atoms with Gasteiger partial charge in [0.2, 0.25) is 6.79 Å². The third kappa shape index (κ3) is 2.76. The van der Waals surface area contributed by atoms with Crippen molar-refractivity contribution in [3.63, 3.8) is 0 Å². The lowest BCUT2D eigenvalue weighted by molar-refractivity contribution is 0.0559. The molecular weight excluding hydrogens is 348 g/mol. The number of rotatable bonds is 5. The molecule has 1 saturated heterocycles. The molecule has 3 heterocycles. The summed E-state index contributed by atoms with van der Waals surface area (Å²) in [5.74, 6) is 3.23. The molecule has 8 nitrogen and oxygen atoms in total. The Bertz CT molecular complexity index is 873. The van der Waals surface area contributed by atoms with E-state index in [4.69, 9.17) is 14.7 Å². The molecule has 2 N–H and O–H groups in total. The van der Waals surface area contributed by atoms with Gasteiger partial charge in [0.25, 0.3) is 5.91 Å². The summed E-state index contributed by atoms with van der Waals surface area (Å²) in [5, 5.41) is 8.61. The zero-order chi connectivity index (χ0) is 18.4. The minimum atomic E-state index is -0.596. The number of ether oxygens (including phenoxy) is 2. The third-order valence-corrected chi connectivity index (χ3v) is 5.95. The van der Waals surface area contributed by atoms with Gasteiger partial charge in [-0.15, -0.1) is 0 Å². The van der Waals surface area contributed by atoms with Crippen molar-refractivity contribution < 1.29 is 19.5 Å². The van der Waals surface area contributed by atoms with Crippen LogP contribution in [0.25, 0.3) is 0 Å². The van der Waals surface area contributed by atoms with E-state index in [0.29, 0.717) is 18.8 Å². The van der Waals surface area contributed by atoms with Gasteiger partial charge < -0.3 is 14.4 Å². The van der Waals surface area contributed by atoms with Gasteiger partial charge in [-0.2, -0.15) is 0 Å². The van der Waals surface area contributed by atoms with Crippen LogP contribution in [0.4, 0.5) is 5.69 Å². The maximum absolute atomic E-state index is 11.3. The molecule has 1 aromatic carbocycles. The van der Waals surface area contributed by atoms with Crippen molar-refractivity contribution in [1.29, 1.82) is 0 Å². The molecule has 1 aliphatic carbocycles. The average molecular weight is 368 g/mol. The molecule has 27 heavy (non-hydrogen) atoms. The van der Waals surface area contributed by atoms with Crippen LogP contribution in [-0.2, 0) is 6.42 Å². The predicted molar refractivity (Wildman–Crippen MR) is 94.9 cm³/mol. The van der Waals surface area contributed by atoms with E-state index in [1.54, 1.807) is 5.48 Å². The summed E-state index contributed by atoms with van der Waals surface area (Å²) in [4.78, 5) is 22.2. The number of fused-ring (bicyclic) bond motifs is 2. The first-order valence-electron chi connectivity index (χ1n) is 9.14. The van der Waals surface area contributed by atoms with Crippen molar-refractivity contribution in [2.75, 3.05) is 18.2 Å². The van der Waals surface area contributed by atoms with Crippen molar-refractivity contribution in [3.05, 3.63) is 42.0 Å². The molecule has 2 aromatic rings. The molecular formula is C19H20N4O4. The Morgan fingerprint density at radius 1 is 1.26 bits per heavy atom. The summed E-state index contributed by atoms with van der Waals surface area (Å²) >= 11 is 0. The SMILES string of the molecule is O=C(NO)c1cnc(CCC2CC3C2CN3c2ccc3c(c2)OCO3)nc1. The molecule has 3 atom stereocenters. The second kappa shape index (κ2) is 6.38. The summed E-state index contributed by atoms with van der Waals surface area (Å²) in [6, 6.07) is 6.78. The maximum atomic E-state index is 11.3. The first-order valence-corrected chi connectivity index (χ1v) is 9.14. The summed E-state index contributed by atoms with van der Waals surface area (Å²) in [6.07, 6.45) is 5.94. The predicted octanol–water partition coefficient (Wildman–Crippen LogP) is 1.78. The molecule has 1 amide bonds. The molecule has 2 fully saturated rings. The highest BCUT2D eigenvalue weighted by Gasteiger charge is 2.52. The quantitative estimate of drug-likeness (QED) is 0.613. The van der Waals surface area contributed by atoms with Gasteiger partial charge in [0.05, 0.1) is 5.56 Å². The van der Waals surface area contributed by atoms with Gasteiger partial charge in [0.15, 0.2) is 11.5 Å². The molecule has 1 saturated carbocycles. The Hall–Kier alpha value is -2.87. The topological polar surface area (TPSA) is 96.8 Å². The van der Waals surface area contributed by atoms with Crippen LogP contribution in [0.2, 0.25) is 0 Å². The van der Waals surface area contributed by atoms with Crippen LogP contribution in [0.15, 0.2) is 30.6 Å². The monoisotopic (exact) mass is 368 g/mol. The second-order valence-electron chi connectivity index (χ2n) is 7.28. The minimum absolute atomic E-state index is 0.253. The van der Waals surface area contributed by atoms with E-state index in [1.165, 1.54) is 24.5 Å². The molecule has 1 aromatic heterocycles. The molecule has 0 spiro atoms. The maximum Gasteiger partial charge on any atom is 0.277 e. The Labute approximate surface area is 156 Å². The lowest BCUT2D eigenvalue weighted by atomic mass is 9.61. The van der Waals surface area contributed by atoms with Gasteiger partial charge in [0.1, 0.15) is 5.82 Å². The van der Waals surface area contributed by atoms with Gasteiger partial charge in [0, 0.05) is 43.2 Å². The van der Waals surface area contributed by atoms with E-state index in [2.05, 4.69) is 27.0 Å². The van der Waals surface area contributed by atoms with Crippen molar-refractivity contribution in [2.24, 2.45) is 11.8 Å². The van der Waals surface area contributed by atoms with Crippen molar-refractivity contribution in [3.8, 4) is 11.5 Å². The van der Waals surface area contributed by atoms with E-state index < -0.39 is 5.91 Å². The third-order valence-electron chi connectivity index (χ3n) is 5.95. The number of benzene rings is 1. The molecule has 8 heteroatoms.